The van der Waals surface area contributed by atoms with Crippen LogP contribution >= 0.6 is 0 Å². The lowest BCUT2D eigenvalue weighted by atomic mass is 9.99. The summed E-state index contributed by atoms with van der Waals surface area (Å²) in [5.74, 6) is 1.13. The molecular weight excluding hydrogens is 292 g/mol. The number of likely N-dealkylation sites (tertiary alicyclic amines) is 1. The number of carbonyl (C=O) groups excluding carboxylic acids is 2. The van der Waals surface area contributed by atoms with Gasteiger partial charge in [0.1, 0.15) is 5.75 Å². The molecule has 1 saturated heterocycles. The van der Waals surface area contributed by atoms with E-state index in [-0.39, 0.29) is 12.5 Å². The van der Waals surface area contributed by atoms with Gasteiger partial charge in [-0.3, -0.25) is 9.59 Å². The van der Waals surface area contributed by atoms with Crippen molar-refractivity contribution < 1.29 is 14.3 Å². The Labute approximate surface area is 138 Å². The maximum atomic E-state index is 11.8. The van der Waals surface area contributed by atoms with Crippen molar-refractivity contribution in [2.24, 2.45) is 5.92 Å². The van der Waals surface area contributed by atoms with Crippen LogP contribution < -0.4 is 10.1 Å². The topological polar surface area (TPSA) is 58.6 Å². The summed E-state index contributed by atoms with van der Waals surface area (Å²) in [5, 5.41) is 2.86. The van der Waals surface area contributed by atoms with Crippen molar-refractivity contribution in [2.75, 3.05) is 32.8 Å². The summed E-state index contributed by atoms with van der Waals surface area (Å²) in [4.78, 5) is 25.1. The van der Waals surface area contributed by atoms with E-state index in [1.165, 1.54) is 25.9 Å². The minimum absolute atomic E-state index is 0.0634. The zero-order valence-corrected chi connectivity index (χ0v) is 13.8. The van der Waals surface area contributed by atoms with Gasteiger partial charge in [0, 0.05) is 6.54 Å². The molecule has 1 aliphatic rings. The molecule has 0 aromatic heterocycles. The van der Waals surface area contributed by atoms with Crippen molar-refractivity contribution >= 4 is 12.2 Å². The molecule has 23 heavy (non-hydrogen) atoms. The molecule has 1 amide bonds. The zero-order chi connectivity index (χ0) is 16.5. The van der Waals surface area contributed by atoms with Gasteiger partial charge in [-0.15, -0.1) is 0 Å². The fourth-order valence-electron chi connectivity index (χ4n) is 2.72. The predicted molar refractivity (Wildman–Crippen MR) is 89.8 cm³/mol. The summed E-state index contributed by atoms with van der Waals surface area (Å²) in [6, 6.07) is 6.89. The Morgan fingerprint density at radius 2 is 2.09 bits per heavy atom. The van der Waals surface area contributed by atoms with Crippen LogP contribution in [0.15, 0.2) is 24.3 Å². The Bertz CT molecular complexity index is 511. The smallest absolute Gasteiger partial charge is 0.257 e. The molecule has 126 valence electrons. The fourth-order valence-corrected chi connectivity index (χ4v) is 2.72. The Morgan fingerprint density at radius 3 is 2.83 bits per heavy atom. The number of piperidine rings is 1. The first-order chi connectivity index (χ1) is 11.2. The second-order valence-corrected chi connectivity index (χ2v) is 6.17. The summed E-state index contributed by atoms with van der Waals surface area (Å²) in [7, 11) is 0. The molecule has 0 radical (unpaired) electrons. The molecule has 0 unspecified atom stereocenters. The summed E-state index contributed by atoms with van der Waals surface area (Å²) in [6.45, 7) is 6.26. The van der Waals surface area contributed by atoms with Gasteiger partial charge in [-0.05, 0) is 56.9 Å². The van der Waals surface area contributed by atoms with E-state index in [4.69, 9.17) is 4.74 Å². The highest BCUT2D eigenvalue weighted by Gasteiger charge is 2.14. The second-order valence-electron chi connectivity index (χ2n) is 6.17. The number of carbonyl (C=O) groups is 2. The minimum atomic E-state index is -0.155. The molecular formula is C18H26N2O3. The van der Waals surface area contributed by atoms with E-state index in [1.807, 2.05) is 0 Å². The quantitative estimate of drug-likeness (QED) is 0.589. The minimum Gasteiger partial charge on any atom is -0.483 e. The van der Waals surface area contributed by atoms with Crippen LogP contribution in [0.5, 0.6) is 5.75 Å². The van der Waals surface area contributed by atoms with Crippen LogP contribution in [0.4, 0.5) is 0 Å². The Morgan fingerprint density at radius 1 is 1.35 bits per heavy atom. The molecule has 0 aliphatic carbocycles. The molecule has 5 heteroatoms. The van der Waals surface area contributed by atoms with Gasteiger partial charge in [0.05, 0.1) is 5.56 Å². The number of rotatable bonds is 8. The summed E-state index contributed by atoms with van der Waals surface area (Å²) < 4.78 is 5.39. The highest BCUT2D eigenvalue weighted by Crippen LogP contribution is 2.16. The molecule has 0 spiro atoms. The third-order valence-electron chi connectivity index (χ3n) is 4.25. The van der Waals surface area contributed by atoms with Crippen LogP contribution in [0.25, 0.3) is 0 Å². The molecule has 5 nitrogen and oxygen atoms in total. The van der Waals surface area contributed by atoms with Gasteiger partial charge in [0.25, 0.3) is 5.91 Å². The number of hydrogen-bond donors (Lipinski definition) is 1. The van der Waals surface area contributed by atoms with Gasteiger partial charge >= 0.3 is 0 Å². The number of benzene rings is 1. The van der Waals surface area contributed by atoms with Crippen LogP contribution in [-0.2, 0) is 4.79 Å². The van der Waals surface area contributed by atoms with Crippen molar-refractivity contribution in [3.05, 3.63) is 29.8 Å². The maximum absolute atomic E-state index is 11.8. The van der Waals surface area contributed by atoms with E-state index >= 15 is 0 Å². The zero-order valence-electron chi connectivity index (χ0n) is 13.8. The third-order valence-corrected chi connectivity index (χ3v) is 4.25. The lowest BCUT2D eigenvalue weighted by Gasteiger charge is -2.30. The van der Waals surface area contributed by atoms with Crippen LogP contribution in [0.1, 0.15) is 36.5 Å². The van der Waals surface area contributed by atoms with E-state index in [2.05, 4.69) is 17.1 Å². The van der Waals surface area contributed by atoms with E-state index in [0.717, 1.165) is 25.2 Å². The van der Waals surface area contributed by atoms with Crippen molar-refractivity contribution in [1.29, 1.82) is 0 Å². The maximum Gasteiger partial charge on any atom is 0.257 e. The van der Waals surface area contributed by atoms with Gasteiger partial charge in [0.15, 0.2) is 12.9 Å². The summed E-state index contributed by atoms with van der Waals surface area (Å²) >= 11 is 0. The fraction of sp³-hybridized carbons (Fsp3) is 0.556. The lowest BCUT2D eigenvalue weighted by Crippen LogP contribution is -2.36. The van der Waals surface area contributed by atoms with Crippen LogP contribution in [0.2, 0.25) is 0 Å². The average molecular weight is 318 g/mol. The monoisotopic (exact) mass is 318 g/mol. The normalized spacial score (nSPS) is 16.0. The standard InChI is InChI=1S/C18H26N2O3/c1-15-7-11-20(12-8-15)10-4-9-19-18(22)14-23-17-6-3-2-5-16(17)13-21/h2-3,5-6,13,15H,4,7-12,14H2,1H3,(H,19,22). The number of nitrogens with one attached hydrogen (secondary N) is 1. The molecule has 0 atom stereocenters. The van der Waals surface area contributed by atoms with Crippen molar-refractivity contribution in [3.8, 4) is 5.75 Å². The van der Waals surface area contributed by atoms with Crippen LogP contribution in [0, 0.1) is 5.92 Å². The molecule has 1 N–H and O–H groups in total. The SMILES string of the molecule is CC1CCN(CCCNC(=O)COc2ccccc2C=O)CC1. The summed E-state index contributed by atoms with van der Waals surface area (Å²) in [5.41, 5.74) is 0.458. The Hall–Kier alpha value is -1.88. The van der Waals surface area contributed by atoms with E-state index < -0.39 is 0 Å². The van der Waals surface area contributed by atoms with Gasteiger partial charge in [0.2, 0.25) is 0 Å². The van der Waals surface area contributed by atoms with E-state index in [1.54, 1.807) is 24.3 Å². The number of nitrogens with zero attached hydrogens (tertiary/aromatic N) is 1. The highest BCUT2D eigenvalue weighted by molar-refractivity contribution is 5.80. The molecule has 1 aromatic carbocycles. The van der Waals surface area contributed by atoms with Crippen molar-refractivity contribution in [2.45, 2.75) is 26.2 Å². The lowest BCUT2D eigenvalue weighted by molar-refractivity contribution is -0.123. The largest absolute Gasteiger partial charge is 0.483 e. The first kappa shape index (κ1) is 17.5. The van der Waals surface area contributed by atoms with Gasteiger partial charge in [-0.1, -0.05) is 19.1 Å². The molecule has 1 aliphatic heterocycles. The van der Waals surface area contributed by atoms with Gasteiger partial charge < -0.3 is 15.0 Å². The first-order valence-corrected chi connectivity index (χ1v) is 8.35. The number of hydrogen-bond acceptors (Lipinski definition) is 4. The van der Waals surface area contributed by atoms with Crippen LogP contribution in [-0.4, -0.2) is 49.9 Å². The van der Waals surface area contributed by atoms with Crippen molar-refractivity contribution in [3.63, 3.8) is 0 Å². The third kappa shape index (κ3) is 6.02. The summed E-state index contributed by atoms with van der Waals surface area (Å²) in [6.07, 6.45) is 4.23. The molecule has 2 rings (SSSR count). The molecule has 1 fully saturated rings. The number of ether oxygens (including phenoxy) is 1. The Kier molecular flexibility index (Phi) is 7.07. The van der Waals surface area contributed by atoms with Crippen molar-refractivity contribution in [1.82, 2.24) is 10.2 Å². The van der Waals surface area contributed by atoms with E-state index in [0.29, 0.717) is 17.9 Å². The highest BCUT2D eigenvalue weighted by atomic mass is 16.5. The molecule has 1 aromatic rings. The van der Waals surface area contributed by atoms with Gasteiger partial charge in [-0.2, -0.15) is 0 Å². The average Bonchev–Trinajstić information content (AvgIpc) is 2.58. The number of amides is 1. The first-order valence-electron chi connectivity index (χ1n) is 8.35. The number of aldehydes is 1. The second kappa shape index (κ2) is 9.30. The Balaban J connectivity index is 1.59. The molecule has 0 bridgehead atoms. The molecule has 0 saturated carbocycles. The molecule has 1 heterocycles. The van der Waals surface area contributed by atoms with Gasteiger partial charge in [-0.25, -0.2) is 0 Å². The van der Waals surface area contributed by atoms with Crippen LogP contribution in [0.3, 0.4) is 0 Å². The number of para-hydroxylation sites is 1. The van der Waals surface area contributed by atoms with E-state index in [9.17, 15) is 9.59 Å². The predicted octanol–water partition coefficient (Wildman–Crippen LogP) is 2.12.